The molecule has 1 aliphatic heterocycles. The summed E-state index contributed by atoms with van der Waals surface area (Å²) in [5.74, 6) is 0.851. The van der Waals surface area contributed by atoms with Crippen molar-refractivity contribution in [2.24, 2.45) is 5.10 Å². The highest BCUT2D eigenvalue weighted by Crippen LogP contribution is 2.34. The molecule has 0 spiro atoms. The van der Waals surface area contributed by atoms with E-state index < -0.39 is 0 Å². The van der Waals surface area contributed by atoms with Crippen molar-refractivity contribution >= 4 is 34.4 Å². The van der Waals surface area contributed by atoms with Gasteiger partial charge in [0, 0.05) is 13.5 Å². The van der Waals surface area contributed by atoms with Crippen LogP contribution in [0, 0.1) is 0 Å². The first-order chi connectivity index (χ1) is 10.7. The quantitative estimate of drug-likeness (QED) is 0.875. The van der Waals surface area contributed by atoms with Crippen LogP contribution in [0.5, 0.6) is 5.75 Å². The molecule has 1 N–H and O–H groups in total. The minimum absolute atomic E-state index is 0.114. The smallest absolute Gasteiger partial charge is 0.189 e. The summed E-state index contributed by atoms with van der Waals surface area (Å²) in [5, 5.41) is 12.3. The number of thiocarbonyl (C=S) groups is 1. The molecule has 0 radical (unpaired) electrons. The summed E-state index contributed by atoms with van der Waals surface area (Å²) in [5.41, 5.74) is 2.25. The summed E-state index contributed by atoms with van der Waals surface area (Å²) in [6.07, 6.45) is 0.842. The molecule has 114 valence electrons. The summed E-state index contributed by atoms with van der Waals surface area (Å²) in [6.45, 7) is 0. The maximum Gasteiger partial charge on any atom is 0.189 e. The second-order valence-electron chi connectivity index (χ2n) is 4.92. The maximum atomic E-state index is 5.41. The highest BCUT2D eigenvalue weighted by molar-refractivity contribution is 7.80. The van der Waals surface area contributed by atoms with Gasteiger partial charge in [0.05, 0.1) is 23.7 Å². The molecule has 1 aromatic heterocycles. The van der Waals surface area contributed by atoms with Gasteiger partial charge in [-0.05, 0) is 41.4 Å². The van der Waals surface area contributed by atoms with E-state index in [9.17, 15) is 0 Å². The van der Waals surface area contributed by atoms with E-state index in [1.54, 1.807) is 18.4 Å². The first-order valence-electron chi connectivity index (χ1n) is 6.99. The van der Waals surface area contributed by atoms with Gasteiger partial charge in [-0.25, -0.2) is 5.01 Å². The van der Waals surface area contributed by atoms with Gasteiger partial charge in [-0.1, -0.05) is 18.2 Å². The molecule has 6 heteroatoms. The van der Waals surface area contributed by atoms with Crippen molar-refractivity contribution in [3.63, 3.8) is 0 Å². The third kappa shape index (κ3) is 2.84. The topological polar surface area (TPSA) is 36.9 Å². The Bertz CT molecular complexity index is 680. The fraction of sp³-hybridized carbons (Fsp3) is 0.250. The molecule has 0 unspecified atom stereocenters. The van der Waals surface area contributed by atoms with E-state index in [4.69, 9.17) is 22.1 Å². The minimum atomic E-state index is 0.114. The Morgan fingerprint density at radius 2 is 2.14 bits per heavy atom. The van der Waals surface area contributed by atoms with Crippen LogP contribution < -0.4 is 10.1 Å². The van der Waals surface area contributed by atoms with Crippen molar-refractivity contribution in [2.75, 3.05) is 14.2 Å². The molecule has 2 heterocycles. The molecule has 0 aliphatic carbocycles. The Balaban J connectivity index is 1.91. The highest BCUT2D eigenvalue weighted by atomic mass is 32.1. The Kier molecular flexibility index (Phi) is 4.40. The normalized spacial score (nSPS) is 17.3. The van der Waals surface area contributed by atoms with Crippen LogP contribution >= 0.6 is 23.6 Å². The Hall–Kier alpha value is -1.92. The Morgan fingerprint density at radius 1 is 1.36 bits per heavy atom. The minimum Gasteiger partial charge on any atom is -0.497 e. The molecule has 22 heavy (non-hydrogen) atoms. The first kappa shape index (κ1) is 15.0. The zero-order valence-electron chi connectivity index (χ0n) is 12.4. The SMILES string of the molecule is CNC(=S)N1N=C(c2cccs2)C[C@H]1c1ccc(OC)cc1. The van der Waals surface area contributed by atoms with Crippen molar-refractivity contribution < 1.29 is 4.74 Å². The summed E-state index contributed by atoms with van der Waals surface area (Å²) < 4.78 is 5.23. The number of methoxy groups -OCH3 is 1. The number of hydrogen-bond donors (Lipinski definition) is 1. The standard InChI is InChI=1S/C16H17N3OS2/c1-17-16(21)19-14(11-5-7-12(20-2)8-6-11)10-13(18-19)15-4-3-9-22-15/h3-9,14H,10H2,1-2H3,(H,17,21)/t14-/m0/s1. The van der Waals surface area contributed by atoms with Crippen LogP contribution in [0.4, 0.5) is 0 Å². The summed E-state index contributed by atoms with van der Waals surface area (Å²) in [6, 6.07) is 12.3. The zero-order chi connectivity index (χ0) is 15.5. The molecular weight excluding hydrogens is 314 g/mol. The van der Waals surface area contributed by atoms with Crippen molar-refractivity contribution in [1.29, 1.82) is 0 Å². The molecular formula is C16H17N3OS2. The van der Waals surface area contributed by atoms with Gasteiger partial charge in [-0.2, -0.15) is 5.10 Å². The van der Waals surface area contributed by atoms with Gasteiger partial charge in [-0.3, -0.25) is 0 Å². The molecule has 0 amide bonds. The second-order valence-corrected chi connectivity index (χ2v) is 6.25. The number of nitrogens with one attached hydrogen (secondary N) is 1. The predicted molar refractivity (Wildman–Crippen MR) is 94.7 cm³/mol. The summed E-state index contributed by atoms with van der Waals surface area (Å²) in [7, 11) is 3.50. The van der Waals surface area contributed by atoms with Gasteiger partial charge < -0.3 is 10.1 Å². The molecule has 0 bridgehead atoms. The third-order valence-corrected chi connectivity index (χ3v) is 4.95. The summed E-state index contributed by atoms with van der Waals surface area (Å²) in [4.78, 5) is 1.19. The van der Waals surface area contributed by atoms with Crippen LogP contribution in [0.25, 0.3) is 0 Å². The van der Waals surface area contributed by atoms with Crippen LogP contribution in [-0.2, 0) is 0 Å². The average Bonchev–Trinajstić information content (AvgIpc) is 3.23. The number of benzene rings is 1. The molecule has 4 nitrogen and oxygen atoms in total. The van der Waals surface area contributed by atoms with Crippen molar-refractivity contribution in [2.45, 2.75) is 12.5 Å². The third-order valence-electron chi connectivity index (χ3n) is 3.64. The second kappa shape index (κ2) is 6.46. The summed E-state index contributed by atoms with van der Waals surface area (Å²) >= 11 is 7.11. The van der Waals surface area contributed by atoms with E-state index in [0.29, 0.717) is 5.11 Å². The molecule has 0 fully saturated rings. The van der Waals surface area contributed by atoms with Gasteiger partial charge in [0.1, 0.15) is 5.75 Å². The predicted octanol–water partition coefficient (Wildman–Crippen LogP) is 3.41. The molecule has 1 aliphatic rings. The van der Waals surface area contributed by atoms with Gasteiger partial charge >= 0.3 is 0 Å². The number of nitrogens with zero attached hydrogens (tertiary/aromatic N) is 2. The van der Waals surface area contributed by atoms with Crippen molar-refractivity contribution in [1.82, 2.24) is 10.3 Å². The lowest BCUT2D eigenvalue weighted by Crippen LogP contribution is -2.34. The van der Waals surface area contributed by atoms with E-state index in [1.807, 2.05) is 30.3 Å². The maximum absolute atomic E-state index is 5.41. The highest BCUT2D eigenvalue weighted by Gasteiger charge is 2.31. The first-order valence-corrected chi connectivity index (χ1v) is 8.28. The molecule has 0 saturated carbocycles. The van der Waals surface area contributed by atoms with E-state index in [-0.39, 0.29) is 6.04 Å². The fourth-order valence-corrected chi connectivity index (χ4v) is 3.38. The zero-order valence-corrected chi connectivity index (χ0v) is 14.1. The monoisotopic (exact) mass is 331 g/mol. The molecule has 2 aromatic rings. The number of ether oxygens (including phenoxy) is 1. The lowest BCUT2D eigenvalue weighted by atomic mass is 10.0. The van der Waals surface area contributed by atoms with Crippen LogP contribution in [0.3, 0.4) is 0 Å². The Labute approximate surface area is 139 Å². The van der Waals surface area contributed by atoms with Crippen LogP contribution in [0.2, 0.25) is 0 Å². The molecule has 1 aromatic carbocycles. The van der Waals surface area contributed by atoms with E-state index >= 15 is 0 Å². The van der Waals surface area contributed by atoms with Crippen molar-refractivity contribution in [3.8, 4) is 5.75 Å². The fourth-order valence-electron chi connectivity index (χ4n) is 2.49. The molecule has 1 atom stereocenters. The van der Waals surface area contributed by atoms with Crippen LogP contribution in [0.15, 0.2) is 46.9 Å². The van der Waals surface area contributed by atoms with Gasteiger partial charge in [0.2, 0.25) is 0 Å². The Morgan fingerprint density at radius 3 is 2.73 bits per heavy atom. The van der Waals surface area contributed by atoms with Crippen molar-refractivity contribution in [3.05, 3.63) is 52.2 Å². The number of hydrazone groups is 1. The van der Waals surface area contributed by atoms with Crippen LogP contribution in [0.1, 0.15) is 22.9 Å². The van der Waals surface area contributed by atoms with Crippen LogP contribution in [-0.4, -0.2) is 30.0 Å². The number of hydrogen-bond acceptors (Lipinski definition) is 4. The van der Waals surface area contributed by atoms with Gasteiger partial charge in [0.15, 0.2) is 5.11 Å². The molecule has 0 saturated heterocycles. The number of thiophene rings is 1. The van der Waals surface area contributed by atoms with E-state index in [0.717, 1.165) is 17.9 Å². The van der Waals surface area contributed by atoms with Gasteiger partial charge in [-0.15, -0.1) is 11.3 Å². The molecule has 3 rings (SSSR count). The largest absolute Gasteiger partial charge is 0.497 e. The number of rotatable bonds is 3. The lowest BCUT2D eigenvalue weighted by molar-refractivity contribution is 0.365. The lowest BCUT2D eigenvalue weighted by Gasteiger charge is -2.23. The van der Waals surface area contributed by atoms with E-state index in [2.05, 4.69) is 28.9 Å². The van der Waals surface area contributed by atoms with E-state index in [1.165, 1.54) is 10.4 Å². The average molecular weight is 331 g/mol. The van der Waals surface area contributed by atoms with Gasteiger partial charge in [0.25, 0.3) is 0 Å².